The predicted molar refractivity (Wildman–Crippen MR) is 139 cm³/mol. The molecule has 0 aliphatic rings. The van der Waals surface area contributed by atoms with Crippen LogP contribution in [0.3, 0.4) is 0 Å². The molecule has 3 nitrogen and oxygen atoms in total. The van der Waals surface area contributed by atoms with Crippen LogP contribution in [-0.2, 0) is 0 Å². The maximum atomic E-state index is 10.9. The van der Waals surface area contributed by atoms with Crippen molar-refractivity contribution in [1.82, 2.24) is 4.98 Å². The van der Waals surface area contributed by atoms with Gasteiger partial charge >= 0.3 is 0 Å². The van der Waals surface area contributed by atoms with E-state index in [9.17, 15) is 4.79 Å². The van der Waals surface area contributed by atoms with Gasteiger partial charge in [0.25, 0.3) is 0 Å². The molecule has 6 unspecified atom stereocenters. The van der Waals surface area contributed by atoms with Crippen molar-refractivity contribution in [3.05, 3.63) is 48.3 Å². The SMILES string of the molecule is COc1ccc(-c2ccncc2)cc1C=O.PPP(P(P)P)P(P)P. The molecule has 2 rings (SSSR count). The van der Waals surface area contributed by atoms with Crippen molar-refractivity contribution in [1.29, 1.82) is 0 Å². The van der Waals surface area contributed by atoms with Crippen LogP contribution in [0.1, 0.15) is 10.4 Å². The standard InChI is InChI=1S/C13H11NO2.H11P9/c1-16-13-3-2-11(8-12(13)9-15)10-4-6-14-7-5-10;1-6-9(7(2)3)8(4)5/h2-9H,1H3;6H,1-5H2. The first-order valence-electron chi connectivity index (χ1n) is 6.83. The van der Waals surface area contributed by atoms with Gasteiger partial charge in [-0.3, -0.25) is 9.78 Å². The van der Waals surface area contributed by atoms with Crippen LogP contribution in [0.2, 0.25) is 0 Å². The minimum absolute atomic E-state index is 0.173. The number of benzene rings is 1. The zero-order valence-corrected chi connectivity index (χ0v) is 23.1. The number of methoxy groups -OCH3 is 1. The molecule has 136 valence electrons. The summed E-state index contributed by atoms with van der Waals surface area (Å²) in [5.74, 6) is 0.591. The Balaban J connectivity index is 0.000000299. The number of carbonyl (C=O) groups excluding carboxylic acids is 1. The Morgan fingerprint density at radius 2 is 1.64 bits per heavy atom. The lowest BCUT2D eigenvalue weighted by Crippen LogP contribution is -1.91. The zero-order valence-electron chi connectivity index (χ0n) is 13.6. The summed E-state index contributed by atoms with van der Waals surface area (Å²) in [6.45, 7) is 0.642. The van der Waals surface area contributed by atoms with Crippen LogP contribution < -0.4 is 4.74 Å². The molecular formula is C13H22NO2P9. The van der Waals surface area contributed by atoms with Gasteiger partial charge in [-0.25, -0.2) is 0 Å². The molecule has 2 aromatic rings. The summed E-state index contributed by atoms with van der Waals surface area (Å²) in [4.78, 5) is 14.8. The van der Waals surface area contributed by atoms with Gasteiger partial charge in [-0.1, -0.05) is 14.0 Å². The minimum atomic E-state index is 0.173. The highest BCUT2D eigenvalue weighted by Crippen LogP contribution is 3.04. The predicted octanol–water partition coefficient (Wildman–Crippen LogP) is 7.38. The Hall–Kier alpha value is 1.71. The number of carbonyl (C=O) groups is 1. The number of pyridine rings is 1. The first-order chi connectivity index (χ1) is 11.9. The molecular weight excluding hydrogens is 481 g/mol. The highest BCUT2D eigenvalue weighted by Gasteiger charge is 2.14. The molecule has 0 radical (unpaired) electrons. The Bertz CT molecular complexity index is 649. The number of aldehydes is 1. The lowest BCUT2D eigenvalue weighted by molar-refractivity contribution is 0.112. The fourth-order valence-electron chi connectivity index (χ4n) is 1.80. The maximum Gasteiger partial charge on any atom is 0.153 e. The van der Waals surface area contributed by atoms with Crippen molar-refractivity contribution in [3.63, 3.8) is 0 Å². The molecule has 0 saturated carbocycles. The van der Waals surface area contributed by atoms with E-state index in [-0.39, 0.29) is 14.0 Å². The van der Waals surface area contributed by atoms with Crippen molar-refractivity contribution >= 4 is 79.8 Å². The molecule has 0 aliphatic heterocycles. The normalized spacial score (nSPS) is 11.1. The third-order valence-corrected chi connectivity index (χ3v) is 47.2. The van der Waals surface area contributed by atoms with Gasteiger partial charge in [0.2, 0.25) is 0 Å². The number of ether oxygens (including phenoxy) is 1. The molecule has 1 heterocycles. The van der Waals surface area contributed by atoms with E-state index in [0.717, 1.165) is 25.4 Å². The van der Waals surface area contributed by atoms with Gasteiger partial charge in [0.05, 0.1) is 12.7 Å². The first kappa shape index (κ1) is 24.7. The number of hydrogen-bond acceptors (Lipinski definition) is 3. The molecule has 0 bridgehead atoms. The molecule has 1 aromatic heterocycles. The fraction of sp³-hybridized carbons (Fsp3) is 0.0769. The summed E-state index contributed by atoms with van der Waals surface area (Å²) in [5, 5.41) is 0. The summed E-state index contributed by atoms with van der Waals surface area (Å²) in [6, 6.07) is 9.31. The Kier molecular flexibility index (Phi) is 13.7. The van der Waals surface area contributed by atoms with E-state index in [0.29, 0.717) is 18.3 Å². The molecule has 0 fully saturated rings. The third-order valence-electron chi connectivity index (χ3n) is 2.92. The van der Waals surface area contributed by atoms with Gasteiger partial charge in [-0.2, -0.15) is 0 Å². The van der Waals surface area contributed by atoms with Gasteiger partial charge in [0.15, 0.2) is 6.29 Å². The smallest absolute Gasteiger partial charge is 0.153 e. The van der Waals surface area contributed by atoms with Crippen molar-refractivity contribution in [2.45, 2.75) is 0 Å². The maximum absolute atomic E-state index is 10.9. The van der Waals surface area contributed by atoms with E-state index in [1.54, 1.807) is 31.6 Å². The molecule has 0 saturated heterocycles. The van der Waals surface area contributed by atoms with Crippen LogP contribution in [0, 0.1) is 0 Å². The van der Waals surface area contributed by atoms with Gasteiger partial charge in [0.1, 0.15) is 5.75 Å². The highest BCUT2D eigenvalue weighted by atomic mass is 33.2. The second-order valence-corrected chi connectivity index (χ2v) is 35.1. The Labute approximate surface area is 166 Å². The molecule has 12 heteroatoms. The van der Waals surface area contributed by atoms with Crippen molar-refractivity contribution in [3.8, 4) is 16.9 Å². The van der Waals surface area contributed by atoms with E-state index >= 15 is 0 Å². The lowest BCUT2D eigenvalue weighted by atomic mass is 10.0. The van der Waals surface area contributed by atoms with E-state index < -0.39 is 0 Å². The lowest BCUT2D eigenvalue weighted by Gasteiger charge is -2.22. The van der Waals surface area contributed by atoms with Gasteiger partial charge < -0.3 is 4.74 Å². The van der Waals surface area contributed by atoms with Crippen LogP contribution in [0.15, 0.2) is 42.7 Å². The number of nitrogens with zero attached hydrogens (tertiary/aromatic N) is 1. The summed E-state index contributed by atoms with van der Waals surface area (Å²) < 4.78 is 5.08. The van der Waals surface area contributed by atoms with Crippen LogP contribution in [0.25, 0.3) is 11.1 Å². The van der Waals surface area contributed by atoms with Crippen LogP contribution in [0.5, 0.6) is 5.75 Å². The fourth-order valence-corrected chi connectivity index (χ4v) is 62.9. The average Bonchev–Trinajstić information content (AvgIpc) is 2.62. The average molecular weight is 503 g/mol. The van der Waals surface area contributed by atoms with Gasteiger partial charge in [-0.15, -0.1) is 44.6 Å². The van der Waals surface area contributed by atoms with Crippen LogP contribution >= 0.6 is 73.6 Å². The highest BCUT2D eigenvalue weighted by molar-refractivity contribution is 9.10. The summed E-state index contributed by atoms with van der Waals surface area (Å²) >= 11 is 0. The molecule has 0 aliphatic carbocycles. The third kappa shape index (κ3) is 8.72. The number of hydrogen-bond donors (Lipinski definition) is 0. The second kappa shape index (κ2) is 13.8. The van der Waals surface area contributed by atoms with Crippen LogP contribution in [-0.4, -0.2) is 18.4 Å². The quantitative estimate of drug-likeness (QED) is 0.305. The molecule has 0 spiro atoms. The molecule has 0 amide bonds. The topological polar surface area (TPSA) is 39.2 Å². The van der Waals surface area contributed by atoms with E-state index in [1.807, 2.05) is 18.2 Å². The van der Waals surface area contributed by atoms with Gasteiger partial charge in [0, 0.05) is 12.4 Å². The minimum Gasteiger partial charge on any atom is -0.496 e. The second-order valence-electron chi connectivity index (χ2n) is 4.49. The zero-order chi connectivity index (χ0) is 18.8. The largest absolute Gasteiger partial charge is 0.496 e. The van der Waals surface area contributed by atoms with E-state index in [1.165, 1.54) is 0 Å². The first-order valence-corrected chi connectivity index (χ1v) is 22.4. The molecule has 1 aromatic carbocycles. The summed E-state index contributed by atoms with van der Waals surface area (Å²) in [5.41, 5.74) is 2.56. The summed E-state index contributed by atoms with van der Waals surface area (Å²) in [7, 11) is 17.2. The van der Waals surface area contributed by atoms with E-state index in [4.69, 9.17) is 4.74 Å². The number of rotatable bonds is 6. The van der Waals surface area contributed by atoms with Crippen molar-refractivity contribution < 1.29 is 9.53 Å². The molecule has 0 N–H and O–H groups in total. The van der Waals surface area contributed by atoms with E-state index in [2.05, 4.69) is 49.6 Å². The molecule has 25 heavy (non-hydrogen) atoms. The van der Waals surface area contributed by atoms with Crippen molar-refractivity contribution in [2.24, 2.45) is 0 Å². The van der Waals surface area contributed by atoms with Crippen LogP contribution in [0.4, 0.5) is 0 Å². The number of aromatic nitrogens is 1. The Morgan fingerprint density at radius 3 is 2.04 bits per heavy atom. The molecule has 6 atom stereocenters. The van der Waals surface area contributed by atoms with Gasteiger partial charge in [-0.05, 0) is 56.4 Å². The Morgan fingerprint density at radius 1 is 1.04 bits per heavy atom. The monoisotopic (exact) mass is 503 g/mol. The van der Waals surface area contributed by atoms with Crippen molar-refractivity contribution in [2.75, 3.05) is 7.11 Å². The summed E-state index contributed by atoms with van der Waals surface area (Å²) in [6.07, 6.45) is 4.24.